The van der Waals surface area contributed by atoms with Crippen molar-refractivity contribution >= 4 is 5.97 Å². The molecular weight excluding hydrogens is 259 g/mol. The smallest absolute Gasteiger partial charge is 0.341 e. The van der Waals surface area contributed by atoms with Crippen LogP contribution in [0.4, 0.5) is 4.39 Å². The third-order valence-electron chi connectivity index (χ3n) is 4.04. The molecule has 4 heteroatoms. The van der Waals surface area contributed by atoms with Crippen LogP contribution in [0.3, 0.4) is 0 Å². The van der Waals surface area contributed by atoms with Gasteiger partial charge in [0.1, 0.15) is 11.4 Å². The molecule has 0 aromatic heterocycles. The highest BCUT2D eigenvalue weighted by Crippen LogP contribution is 2.58. The lowest BCUT2D eigenvalue weighted by molar-refractivity contribution is -0.149. The van der Waals surface area contributed by atoms with Crippen LogP contribution in [0.25, 0.3) is 0 Å². The van der Waals surface area contributed by atoms with Crippen LogP contribution in [-0.2, 0) is 19.9 Å². The molecule has 1 fully saturated rings. The van der Waals surface area contributed by atoms with Crippen molar-refractivity contribution < 1.29 is 18.7 Å². The summed E-state index contributed by atoms with van der Waals surface area (Å²) in [6.45, 7) is 7.59. The highest BCUT2D eigenvalue weighted by atomic mass is 19.1. The summed E-state index contributed by atoms with van der Waals surface area (Å²) < 4.78 is 24.7. The normalized spacial score (nSPS) is 28.2. The molecule has 1 aromatic carbocycles. The molecule has 1 aliphatic rings. The van der Waals surface area contributed by atoms with Crippen molar-refractivity contribution in [2.45, 2.75) is 51.7 Å². The molecule has 0 saturated carbocycles. The first-order valence-electron chi connectivity index (χ1n) is 7.05. The van der Waals surface area contributed by atoms with Gasteiger partial charge in [0.2, 0.25) is 0 Å². The Morgan fingerprint density at radius 1 is 1.40 bits per heavy atom. The molecule has 3 nitrogen and oxygen atoms in total. The number of hydrogen-bond donors (Lipinski definition) is 0. The zero-order valence-electron chi connectivity index (χ0n) is 12.5. The molecule has 1 saturated heterocycles. The van der Waals surface area contributed by atoms with E-state index < -0.39 is 11.2 Å². The van der Waals surface area contributed by atoms with Crippen LogP contribution in [0, 0.1) is 12.7 Å². The monoisotopic (exact) mass is 280 g/mol. The van der Waals surface area contributed by atoms with Gasteiger partial charge in [-0.15, -0.1) is 0 Å². The topological polar surface area (TPSA) is 38.8 Å². The number of carbonyl (C=O) groups is 1. The maximum Gasteiger partial charge on any atom is 0.341 e. The number of carbonyl (C=O) groups excluding carboxylic acids is 1. The summed E-state index contributed by atoms with van der Waals surface area (Å²) in [6, 6.07) is 4.97. The third kappa shape index (κ3) is 2.12. The molecule has 1 aliphatic heterocycles. The number of hydrogen-bond acceptors (Lipinski definition) is 3. The van der Waals surface area contributed by atoms with Crippen LogP contribution in [-0.4, -0.2) is 18.2 Å². The fourth-order valence-corrected chi connectivity index (χ4v) is 2.73. The van der Waals surface area contributed by atoms with Crippen molar-refractivity contribution in [2.24, 2.45) is 0 Å². The van der Waals surface area contributed by atoms with Gasteiger partial charge in [0.05, 0.1) is 6.61 Å². The van der Waals surface area contributed by atoms with E-state index in [1.807, 2.05) is 19.9 Å². The van der Waals surface area contributed by atoms with Gasteiger partial charge < -0.3 is 9.47 Å². The molecule has 0 amide bonds. The predicted molar refractivity (Wildman–Crippen MR) is 73.8 cm³/mol. The molecular formula is C16H21FO3. The summed E-state index contributed by atoms with van der Waals surface area (Å²) in [4.78, 5) is 12.2. The molecule has 1 aromatic rings. The minimum absolute atomic E-state index is 0.284. The Hall–Kier alpha value is -1.42. The first-order chi connectivity index (χ1) is 9.41. The quantitative estimate of drug-likeness (QED) is 0.612. The Bertz CT molecular complexity index is 528. The molecule has 20 heavy (non-hydrogen) atoms. The number of halogens is 1. The van der Waals surface area contributed by atoms with E-state index in [0.29, 0.717) is 24.2 Å². The lowest BCUT2D eigenvalue weighted by atomic mass is 9.84. The molecule has 2 atom stereocenters. The molecule has 2 unspecified atom stereocenters. The van der Waals surface area contributed by atoms with E-state index in [-0.39, 0.29) is 11.8 Å². The van der Waals surface area contributed by atoms with Crippen LogP contribution in [0.1, 0.15) is 44.7 Å². The van der Waals surface area contributed by atoms with E-state index in [9.17, 15) is 9.18 Å². The van der Waals surface area contributed by atoms with E-state index in [4.69, 9.17) is 9.47 Å². The average Bonchev–Trinajstić information content (AvgIpc) is 3.01. The van der Waals surface area contributed by atoms with E-state index in [1.165, 1.54) is 6.07 Å². The second-order valence-electron chi connectivity index (χ2n) is 5.40. The van der Waals surface area contributed by atoms with E-state index in [2.05, 4.69) is 0 Å². The van der Waals surface area contributed by atoms with Crippen molar-refractivity contribution in [3.63, 3.8) is 0 Å². The zero-order valence-corrected chi connectivity index (χ0v) is 12.5. The minimum Gasteiger partial charge on any atom is -0.464 e. The SMILES string of the molecule is CCCC1(C(=O)OCC)OC1(C)c1ccc(C)c(F)c1. The highest BCUT2D eigenvalue weighted by Gasteiger charge is 2.73. The Labute approximate surface area is 119 Å². The average molecular weight is 280 g/mol. The number of benzene rings is 1. The molecule has 0 N–H and O–H groups in total. The second kappa shape index (κ2) is 5.17. The zero-order chi connectivity index (χ0) is 15.0. The number of epoxide rings is 1. The largest absolute Gasteiger partial charge is 0.464 e. The maximum atomic E-state index is 13.8. The van der Waals surface area contributed by atoms with E-state index in [0.717, 1.165) is 6.42 Å². The Balaban J connectivity index is 2.35. The van der Waals surface area contributed by atoms with Crippen LogP contribution >= 0.6 is 0 Å². The summed E-state index contributed by atoms with van der Waals surface area (Å²) in [5, 5.41) is 0. The van der Waals surface area contributed by atoms with Crippen molar-refractivity contribution in [3.05, 3.63) is 35.1 Å². The molecule has 110 valence electrons. The van der Waals surface area contributed by atoms with Gasteiger partial charge in [0, 0.05) is 0 Å². The summed E-state index contributed by atoms with van der Waals surface area (Å²) in [5.74, 6) is -0.640. The molecule has 1 heterocycles. The molecule has 0 bridgehead atoms. The molecule has 2 rings (SSSR count). The van der Waals surface area contributed by atoms with E-state index >= 15 is 0 Å². The summed E-state index contributed by atoms with van der Waals surface area (Å²) in [7, 11) is 0. The summed E-state index contributed by atoms with van der Waals surface area (Å²) >= 11 is 0. The van der Waals surface area contributed by atoms with Crippen LogP contribution in [0.15, 0.2) is 18.2 Å². The lowest BCUT2D eigenvalue weighted by Crippen LogP contribution is -2.33. The Morgan fingerprint density at radius 3 is 2.65 bits per heavy atom. The first kappa shape index (κ1) is 15.0. The maximum absolute atomic E-state index is 13.8. The minimum atomic E-state index is -0.973. The van der Waals surface area contributed by atoms with Crippen molar-refractivity contribution in [3.8, 4) is 0 Å². The number of esters is 1. The van der Waals surface area contributed by atoms with Crippen molar-refractivity contribution in [1.29, 1.82) is 0 Å². The summed E-state index contributed by atoms with van der Waals surface area (Å²) in [5.41, 5.74) is -0.513. The van der Waals surface area contributed by atoms with Crippen LogP contribution in [0.2, 0.25) is 0 Å². The van der Waals surface area contributed by atoms with Gasteiger partial charge in [-0.3, -0.25) is 0 Å². The summed E-state index contributed by atoms with van der Waals surface area (Å²) in [6.07, 6.45) is 1.36. The number of rotatable bonds is 5. The Morgan fingerprint density at radius 2 is 2.10 bits per heavy atom. The molecule has 0 spiro atoms. The number of ether oxygens (including phenoxy) is 2. The van der Waals surface area contributed by atoms with Gasteiger partial charge in [-0.25, -0.2) is 9.18 Å². The lowest BCUT2D eigenvalue weighted by Gasteiger charge is -2.16. The van der Waals surface area contributed by atoms with Gasteiger partial charge in [-0.05, 0) is 44.4 Å². The molecule has 0 aliphatic carbocycles. The van der Waals surface area contributed by atoms with Gasteiger partial charge >= 0.3 is 5.97 Å². The van der Waals surface area contributed by atoms with Gasteiger partial charge in [-0.1, -0.05) is 25.5 Å². The van der Waals surface area contributed by atoms with Crippen LogP contribution in [0.5, 0.6) is 0 Å². The van der Waals surface area contributed by atoms with Crippen LogP contribution < -0.4 is 0 Å². The highest BCUT2D eigenvalue weighted by molar-refractivity contribution is 5.85. The standard InChI is InChI=1S/C16H21FO3/c1-5-9-16(14(18)19-6-2)15(4,20-16)12-8-7-11(3)13(17)10-12/h7-8,10H,5-6,9H2,1-4H3. The van der Waals surface area contributed by atoms with E-state index in [1.54, 1.807) is 19.9 Å². The fourth-order valence-electron chi connectivity index (χ4n) is 2.73. The third-order valence-corrected chi connectivity index (χ3v) is 4.04. The van der Waals surface area contributed by atoms with Crippen molar-refractivity contribution in [2.75, 3.05) is 6.61 Å². The number of aryl methyl sites for hydroxylation is 1. The fraction of sp³-hybridized carbons (Fsp3) is 0.562. The van der Waals surface area contributed by atoms with Gasteiger partial charge in [-0.2, -0.15) is 0 Å². The predicted octanol–water partition coefficient (Wildman–Crippen LogP) is 3.48. The second-order valence-corrected chi connectivity index (χ2v) is 5.40. The van der Waals surface area contributed by atoms with Gasteiger partial charge in [0.25, 0.3) is 0 Å². The first-order valence-corrected chi connectivity index (χ1v) is 7.05. The van der Waals surface area contributed by atoms with Crippen molar-refractivity contribution in [1.82, 2.24) is 0 Å². The Kier molecular flexibility index (Phi) is 3.87. The molecule has 0 radical (unpaired) electrons. The van der Waals surface area contributed by atoms with Gasteiger partial charge in [0.15, 0.2) is 5.60 Å².